The van der Waals surface area contributed by atoms with Crippen LogP contribution in [-0.4, -0.2) is 42.6 Å². The minimum atomic E-state index is -0.382. The van der Waals surface area contributed by atoms with Gasteiger partial charge in [-0.15, -0.1) is 0 Å². The molecule has 5 rings (SSSR count). The highest BCUT2D eigenvalue weighted by molar-refractivity contribution is 5.76. The predicted molar refractivity (Wildman–Crippen MR) is 112 cm³/mol. The van der Waals surface area contributed by atoms with Gasteiger partial charge in [-0.3, -0.25) is 9.59 Å². The summed E-state index contributed by atoms with van der Waals surface area (Å²) in [7, 11) is 0. The average molecular weight is 394 g/mol. The van der Waals surface area contributed by atoms with Gasteiger partial charge in [0.05, 0.1) is 0 Å². The molecule has 0 atom stereocenters. The molecule has 7 heteroatoms. The van der Waals surface area contributed by atoms with Crippen molar-refractivity contribution < 1.29 is 4.79 Å². The number of carbonyl (C=O) groups is 1. The maximum absolute atomic E-state index is 12.7. The van der Waals surface area contributed by atoms with Crippen molar-refractivity contribution in [2.45, 2.75) is 50.7 Å². The Hall–Kier alpha value is -2.83. The van der Waals surface area contributed by atoms with Crippen LogP contribution in [0.1, 0.15) is 36.8 Å². The van der Waals surface area contributed by atoms with E-state index in [4.69, 9.17) is 0 Å². The lowest BCUT2D eigenvalue weighted by atomic mass is 10.00. The summed E-state index contributed by atoms with van der Waals surface area (Å²) in [5.74, 6) is 0. The number of nitrogens with one attached hydrogen (secondary N) is 2. The van der Waals surface area contributed by atoms with Gasteiger partial charge >= 0.3 is 6.03 Å². The van der Waals surface area contributed by atoms with Crippen LogP contribution in [0.2, 0.25) is 0 Å². The number of amides is 2. The van der Waals surface area contributed by atoms with Gasteiger partial charge < -0.3 is 20.4 Å². The second kappa shape index (κ2) is 7.21. The molecule has 3 aliphatic rings. The Balaban J connectivity index is 1.16. The number of hydrogen-bond donors (Lipinski definition) is 2. The Bertz CT molecular complexity index is 998. The summed E-state index contributed by atoms with van der Waals surface area (Å²) in [6, 6.07) is 8.72. The first-order valence-electron chi connectivity index (χ1n) is 10.6. The van der Waals surface area contributed by atoms with E-state index in [9.17, 15) is 14.4 Å². The van der Waals surface area contributed by atoms with Crippen molar-refractivity contribution in [1.29, 1.82) is 0 Å². The van der Waals surface area contributed by atoms with Crippen molar-refractivity contribution in [3.05, 3.63) is 55.8 Å². The van der Waals surface area contributed by atoms with Gasteiger partial charge in [-0.2, -0.15) is 0 Å². The molecule has 0 unspecified atom stereocenters. The van der Waals surface area contributed by atoms with Crippen molar-refractivity contribution >= 4 is 17.4 Å². The van der Waals surface area contributed by atoms with Crippen molar-refractivity contribution in [3.63, 3.8) is 0 Å². The molecule has 0 aromatic heterocycles. The molecule has 29 heavy (non-hydrogen) atoms. The van der Waals surface area contributed by atoms with E-state index in [0.29, 0.717) is 37.1 Å². The Labute approximate surface area is 169 Å². The minimum absolute atomic E-state index is 0.0110. The van der Waals surface area contributed by atoms with E-state index in [2.05, 4.69) is 22.8 Å². The Morgan fingerprint density at radius 1 is 0.897 bits per heavy atom. The van der Waals surface area contributed by atoms with Crippen molar-refractivity contribution in [2.75, 3.05) is 29.9 Å². The summed E-state index contributed by atoms with van der Waals surface area (Å²) in [5, 5.41) is 6.37. The van der Waals surface area contributed by atoms with Gasteiger partial charge in [0.1, 0.15) is 11.4 Å². The molecule has 2 aliphatic heterocycles. The molecule has 0 radical (unpaired) electrons. The van der Waals surface area contributed by atoms with Crippen LogP contribution in [0.4, 0.5) is 16.2 Å². The third-order valence-electron chi connectivity index (χ3n) is 6.37. The van der Waals surface area contributed by atoms with E-state index in [1.807, 2.05) is 21.9 Å². The Morgan fingerprint density at radius 3 is 2.34 bits per heavy atom. The summed E-state index contributed by atoms with van der Waals surface area (Å²) in [6.45, 7) is 2.75. The molecule has 2 aromatic carbocycles. The summed E-state index contributed by atoms with van der Waals surface area (Å²) in [6.07, 6.45) is 4.57. The van der Waals surface area contributed by atoms with Crippen LogP contribution in [-0.2, 0) is 13.0 Å². The van der Waals surface area contributed by atoms with E-state index in [1.165, 1.54) is 11.1 Å². The molecule has 0 bridgehead atoms. The van der Waals surface area contributed by atoms with E-state index in [0.717, 1.165) is 38.6 Å². The highest BCUT2D eigenvalue weighted by Crippen LogP contribution is 2.30. The van der Waals surface area contributed by atoms with Crippen LogP contribution >= 0.6 is 0 Å². The third-order valence-corrected chi connectivity index (χ3v) is 6.37. The highest BCUT2D eigenvalue weighted by Gasteiger charge is 2.33. The number of urea groups is 1. The number of hydrogen-bond acceptors (Lipinski definition) is 5. The van der Waals surface area contributed by atoms with Gasteiger partial charge in [-0.1, -0.05) is 24.3 Å². The molecule has 1 aliphatic carbocycles. The van der Waals surface area contributed by atoms with Crippen LogP contribution in [0.3, 0.4) is 0 Å². The van der Waals surface area contributed by atoms with E-state index in [1.54, 1.807) is 0 Å². The molecule has 1 saturated carbocycles. The largest absolute Gasteiger partial charge is 0.377 e. The first-order chi connectivity index (χ1) is 14.1. The van der Waals surface area contributed by atoms with Crippen molar-refractivity contribution in [2.24, 2.45) is 0 Å². The van der Waals surface area contributed by atoms with Gasteiger partial charge in [0, 0.05) is 38.3 Å². The van der Waals surface area contributed by atoms with Crippen molar-refractivity contribution in [3.8, 4) is 0 Å². The number of piperidine rings is 1. The molecule has 0 spiro atoms. The lowest BCUT2D eigenvalue weighted by Gasteiger charge is -2.36. The molecule has 2 fully saturated rings. The summed E-state index contributed by atoms with van der Waals surface area (Å²) < 4.78 is 0. The lowest BCUT2D eigenvalue weighted by Crippen LogP contribution is -2.52. The van der Waals surface area contributed by atoms with Gasteiger partial charge in [0.2, 0.25) is 0 Å². The van der Waals surface area contributed by atoms with E-state index >= 15 is 0 Å². The SMILES string of the molecule is O=C(NC1CCN(c2c(NC3CC3)c(=O)c2=O)CC1)N1CCc2ccccc2C1. The number of fused-ring (bicyclic) bond motifs is 1. The highest BCUT2D eigenvalue weighted by atomic mass is 16.2. The van der Waals surface area contributed by atoms with Gasteiger partial charge in [-0.25, -0.2) is 4.79 Å². The normalized spacial score (nSPS) is 19.9. The Kier molecular flexibility index (Phi) is 4.53. The van der Waals surface area contributed by atoms with Gasteiger partial charge in [0.15, 0.2) is 0 Å². The molecule has 2 aromatic rings. The summed E-state index contributed by atoms with van der Waals surface area (Å²) in [4.78, 5) is 40.6. The fourth-order valence-electron chi connectivity index (χ4n) is 4.43. The summed E-state index contributed by atoms with van der Waals surface area (Å²) >= 11 is 0. The third kappa shape index (κ3) is 3.50. The molecule has 2 amide bonds. The van der Waals surface area contributed by atoms with Crippen LogP contribution in [0.15, 0.2) is 33.9 Å². The van der Waals surface area contributed by atoms with Crippen molar-refractivity contribution in [1.82, 2.24) is 10.2 Å². The van der Waals surface area contributed by atoms with E-state index in [-0.39, 0.29) is 22.9 Å². The fourth-order valence-corrected chi connectivity index (χ4v) is 4.43. The predicted octanol–water partition coefficient (Wildman–Crippen LogP) is 1.59. The number of rotatable bonds is 4. The van der Waals surface area contributed by atoms with Crippen LogP contribution in [0, 0.1) is 0 Å². The average Bonchev–Trinajstić information content (AvgIpc) is 3.58. The minimum Gasteiger partial charge on any atom is -0.377 e. The molecule has 2 N–H and O–H groups in total. The van der Waals surface area contributed by atoms with Gasteiger partial charge in [0.25, 0.3) is 10.9 Å². The Morgan fingerprint density at radius 2 is 1.62 bits per heavy atom. The first kappa shape index (κ1) is 18.2. The number of carbonyl (C=O) groups excluding carboxylic acids is 1. The van der Waals surface area contributed by atoms with Crippen LogP contribution in [0.5, 0.6) is 0 Å². The van der Waals surface area contributed by atoms with Gasteiger partial charge in [-0.05, 0) is 43.2 Å². The standard InChI is InChI=1S/C22H26N4O3/c27-20-18(23-16-5-6-16)19(21(20)28)25-11-8-17(9-12-25)24-22(29)26-10-7-14-3-1-2-4-15(14)13-26/h1-4,16-17,23H,5-13H2,(H,24,29). The molecule has 152 valence electrons. The maximum atomic E-state index is 12.7. The smallest absolute Gasteiger partial charge is 0.317 e. The molecule has 1 saturated heterocycles. The topological polar surface area (TPSA) is 81.8 Å². The van der Waals surface area contributed by atoms with Crippen LogP contribution in [0.25, 0.3) is 0 Å². The fraction of sp³-hybridized carbons (Fsp3) is 0.500. The zero-order chi connectivity index (χ0) is 20.0. The molecular weight excluding hydrogens is 368 g/mol. The van der Waals surface area contributed by atoms with E-state index < -0.39 is 0 Å². The second-order valence-corrected chi connectivity index (χ2v) is 8.45. The monoisotopic (exact) mass is 394 g/mol. The quantitative estimate of drug-likeness (QED) is 0.770. The maximum Gasteiger partial charge on any atom is 0.317 e. The molecule has 2 heterocycles. The lowest BCUT2D eigenvalue weighted by molar-refractivity contribution is 0.186. The summed E-state index contributed by atoms with van der Waals surface area (Å²) in [5.41, 5.74) is 2.86. The number of nitrogens with zero attached hydrogens (tertiary/aromatic N) is 2. The zero-order valence-corrected chi connectivity index (χ0v) is 16.4. The molecule has 7 nitrogen and oxygen atoms in total. The zero-order valence-electron chi connectivity index (χ0n) is 16.4. The van der Waals surface area contributed by atoms with Crippen LogP contribution < -0.4 is 26.4 Å². The molecular formula is C22H26N4O3. The second-order valence-electron chi connectivity index (χ2n) is 8.45. The number of anilines is 2. The number of benzene rings is 1. The first-order valence-corrected chi connectivity index (χ1v) is 10.6.